The lowest BCUT2D eigenvalue weighted by molar-refractivity contribution is 0.794. The fourth-order valence-electron chi connectivity index (χ4n) is 2.91. The van der Waals surface area contributed by atoms with Crippen molar-refractivity contribution < 1.29 is 0 Å². The Morgan fingerprint density at radius 1 is 0.963 bits per heavy atom. The Morgan fingerprint density at radius 2 is 1.74 bits per heavy atom. The number of fused-ring (bicyclic) bond motifs is 1. The second kappa shape index (κ2) is 7.76. The molecule has 0 radical (unpaired) electrons. The lowest BCUT2D eigenvalue weighted by Crippen LogP contribution is -2.22. The molecule has 0 saturated heterocycles. The molecule has 0 unspecified atom stereocenters. The Bertz CT molecular complexity index is 1120. The van der Waals surface area contributed by atoms with Gasteiger partial charge in [-0.3, -0.25) is 4.79 Å². The monoisotopic (exact) mass is 373 g/mol. The lowest BCUT2D eigenvalue weighted by atomic mass is 10.2. The molecule has 4 nitrogen and oxygen atoms in total. The first-order valence-electron chi connectivity index (χ1n) is 8.84. The third kappa shape index (κ3) is 3.78. The van der Waals surface area contributed by atoms with Crippen LogP contribution in [0.15, 0.2) is 82.9 Å². The Hall–Kier alpha value is -2.92. The quantitative estimate of drug-likeness (QED) is 0.384. The normalized spacial score (nSPS) is 11.0. The minimum Gasteiger partial charge on any atom is -0.268 e. The summed E-state index contributed by atoms with van der Waals surface area (Å²) in [6.45, 7) is 1.98. The second-order valence-electron chi connectivity index (χ2n) is 6.33. The van der Waals surface area contributed by atoms with Crippen LogP contribution in [0.1, 0.15) is 11.1 Å². The van der Waals surface area contributed by atoms with Gasteiger partial charge in [-0.05, 0) is 42.7 Å². The van der Waals surface area contributed by atoms with Crippen LogP contribution in [0.3, 0.4) is 0 Å². The molecular formula is C22H19N3OS. The van der Waals surface area contributed by atoms with E-state index in [-0.39, 0.29) is 5.56 Å². The van der Waals surface area contributed by atoms with Crippen molar-refractivity contribution >= 4 is 22.7 Å². The van der Waals surface area contributed by atoms with Gasteiger partial charge in [0.05, 0.1) is 10.9 Å². The van der Waals surface area contributed by atoms with Gasteiger partial charge in [0.2, 0.25) is 0 Å². The smallest absolute Gasteiger partial charge is 0.267 e. The van der Waals surface area contributed by atoms with Crippen molar-refractivity contribution in [3.8, 4) is 5.82 Å². The van der Waals surface area contributed by atoms with Crippen LogP contribution in [0.5, 0.6) is 0 Å². The van der Waals surface area contributed by atoms with E-state index in [1.54, 1.807) is 22.5 Å². The second-order valence-corrected chi connectivity index (χ2v) is 7.39. The van der Waals surface area contributed by atoms with Crippen molar-refractivity contribution in [2.24, 2.45) is 0 Å². The van der Waals surface area contributed by atoms with E-state index in [1.807, 2.05) is 61.5 Å². The van der Waals surface area contributed by atoms with Gasteiger partial charge < -0.3 is 0 Å². The van der Waals surface area contributed by atoms with Crippen LogP contribution < -0.4 is 5.56 Å². The Morgan fingerprint density at radius 3 is 2.52 bits per heavy atom. The van der Waals surface area contributed by atoms with Crippen LogP contribution in [0, 0.1) is 6.92 Å². The Kier molecular flexibility index (Phi) is 5.03. The third-order valence-electron chi connectivity index (χ3n) is 4.33. The topological polar surface area (TPSA) is 47.8 Å². The van der Waals surface area contributed by atoms with Gasteiger partial charge in [-0.25, -0.2) is 14.5 Å². The minimum absolute atomic E-state index is 0.0841. The number of aryl methyl sites for hydroxylation is 2. The van der Waals surface area contributed by atoms with Crippen molar-refractivity contribution in [3.05, 3.63) is 94.4 Å². The van der Waals surface area contributed by atoms with Crippen LogP contribution in [0.2, 0.25) is 0 Å². The van der Waals surface area contributed by atoms with Crippen LogP contribution in [-0.2, 0) is 6.42 Å². The van der Waals surface area contributed by atoms with Gasteiger partial charge in [0.1, 0.15) is 5.82 Å². The zero-order valence-corrected chi connectivity index (χ0v) is 15.8. The molecule has 134 valence electrons. The van der Waals surface area contributed by atoms with Gasteiger partial charge in [0.25, 0.3) is 5.56 Å². The maximum absolute atomic E-state index is 13.1. The van der Waals surface area contributed by atoms with Crippen LogP contribution in [0.25, 0.3) is 16.7 Å². The molecule has 0 spiro atoms. The molecule has 0 N–H and O–H groups in total. The van der Waals surface area contributed by atoms with Gasteiger partial charge in [0, 0.05) is 11.9 Å². The zero-order valence-electron chi connectivity index (χ0n) is 15.0. The predicted molar refractivity (Wildman–Crippen MR) is 111 cm³/mol. The summed E-state index contributed by atoms with van der Waals surface area (Å²) in [6.07, 6.45) is 2.69. The number of para-hydroxylation sites is 1. The molecule has 0 aliphatic heterocycles. The highest BCUT2D eigenvalue weighted by Crippen LogP contribution is 2.21. The summed E-state index contributed by atoms with van der Waals surface area (Å²) in [4.78, 5) is 22.3. The molecule has 0 aliphatic carbocycles. The summed E-state index contributed by atoms with van der Waals surface area (Å²) in [5.74, 6) is 1.44. The summed E-state index contributed by atoms with van der Waals surface area (Å²) in [7, 11) is 0. The molecule has 5 heteroatoms. The standard InChI is InChI=1S/C22H19N3OS/c1-16-11-12-20(23-15-16)25-21(26)18-9-5-6-10-19(18)24-22(25)27-14-13-17-7-3-2-4-8-17/h2-12,15H,13-14H2,1H3. The molecule has 4 aromatic rings. The molecule has 2 heterocycles. The zero-order chi connectivity index (χ0) is 18.6. The summed E-state index contributed by atoms with van der Waals surface area (Å²) in [6, 6.07) is 21.6. The van der Waals surface area contributed by atoms with Crippen molar-refractivity contribution in [1.82, 2.24) is 14.5 Å². The maximum Gasteiger partial charge on any atom is 0.267 e. The molecule has 0 saturated carbocycles. The van der Waals surface area contributed by atoms with Crippen molar-refractivity contribution in [1.29, 1.82) is 0 Å². The van der Waals surface area contributed by atoms with Gasteiger partial charge in [-0.1, -0.05) is 60.3 Å². The number of hydrogen-bond acceptors (Lipinski definition) is 4. The van der Waals surface area contributed by atoms with Crippen LogP contribution >= 0.6 is 11.8 Å². The van der Waals surface area contributed by atoms with Crippen LogP contribution in [-0.4, -0.2) is 20.3 Å². The lowest BCUT2D eigenvalue weighted by Gasteiger charge is -2.12. The van der Waals surface area contributed by atoms with Crippen molar-refractivity contribution in [2.75, 3.05) is 5.75 Å². The molecule has 27 heavy (non-hydrogen) atoms. The summed E-state index contributed by atoms with van der Waals surface area (Å²) in [5, 5.41) is 1.28. The molecule has 2 aromatic carbocycles. The molecule has 0 bridgehead atoms. The Labute approximate surface area is 161 Å². The number of rotatable bonds is 5. The fraction of sp³-hybridized carbons (Fsp3) is 0.136. The SMILES string of the molecule is Cc1ccc(-n2c(SCCc3ccccc3)nc3ccccc3c2=O)nc1. The molecule has 0 atom stereocenters. The predicted octanol–water partition coefficient (Wildman–Crippen LogP) is 4.42. The van der Waals surface area contributed by atoms with E-state index in [0.717, 1.165) is 17.7 Å². The first kappa shape index (κ1) is 17.5. The molecular weight excluding hydrogens is 354 g/mol. The van der Waals surface area contributed by atoms with Gasteiger partial charge in [-0.15, -0.1) is 0 Å². The minimum atomic E-state index is -0.0841. The molecule has 0 amide bonds. The van der Waals surface area contributed by atoms with Crippen molar-refractivity contribution in [3.63, 3.8) is 0 Å². The van der Waals surface area contributed by atoms with E-state index in [4.69, 9.17) is 4.98 Å². The number of hydrogen-bond donors (Lipinski definition) is 0. The van der Waals surface area contributed by atoms with Gasteiger partial charge >= 0.3 is 0 Å². The molecule has 0 aliphatic rings. The van der Waals surface area contributed by atoms with Crippen LogP contribution in [0.4, 0.5) is 0 Å². The summed E-state index contributed by atoms with van der Waals surface area (Å²) < 4.78 is 1.62. The molecule has 0 fully saturated rings. The van der Waals surface area contributed by atoms with Gasteiger partial charge in [-0.2, -0.15) is 0 Å². The molecule has 4 rings (SSSR count). The number of aromatic nitrogens is 3. The van der Waals surface area contributed by atoms with E-state index >= 15 is 0 Å². The van der Waals surface area contributed by atoms with E-state index in [2.05, 4.69) is 17.1 Å². The number of benzene rings is 2. The third-order valence-corrected chi connectivity index (χ3v) is 5.27. The molecule has 2 aromatic heterocycles. The number of nitrogens with zero attached hydrogens (tertiary/aromatic N) is 3. The average Bonchev–Trinajstić information content (AvgIpc) is 2.70. The largest absolute Gasteiger partial charge is 0.268 e. The highest BCUT2D eigenvalue weighted by atomic mass is 32.2. The first-order valence-corrected chi connectivity index (χ1v) is 9.82. The van der Waals surface area contributed by atoms with Crippen molar-refractivity contribution in [2.45, 2.75) is 18.5 Å². The number of pyridine rings is 1. The summed E-state index contributed by atoms with van der Waals surface area (Å²) in [5.41, 5.74) is 2.96. The summed E-state index contributed by atoms with van der Waals surface area (Å²) >= 11 is 1.58. The van der Waals surface area contributed by atoms with E-state index in [1.165, 1.54) is 5.56 Å². The maximum atomic E-state index is 13.1. The first-order chi connectivity index (χ1) is 13.2. The average molecular weight is 373 g/mol. The highest BCUT2D eigenvalue weighted by Gasteiger charge is 2.14. The fourth-order valence-corrected chi connectivity index (χ4v) is 3.90. The highest BCUT2D eigenvalue weighted by molar-refractivity contribution is 7.99. The van der Waals surface area contributed by atoms with E-state index in [9.17, 15) is 4.79 Å². The Balaban J connectivity index is 1.74. The van der Waals surface area contributed by atoms with Gasteiger partial charge in [0.15, 0.2) is 5.16 Å². The van der Waals surface area contributed by atoms with E-state index < -0.39 is 0 Å². The number of thioether (sulfide) groups is 1. The van der Waals surface area contributed by atoms with E-state index in [0.29, 0.717) is 21.9 Å².